The second kappa shape index (κ2) is 10.8. The highest BCUT2D eigenvalue weighted by Gasteiger charge is 2.24. The molecule has 1 aromatic heterocycles. The predicted octanol–water partition coefficient (Wildman–Crippen LogP) is 1.35. The minimum atomic E-state index is -0.251. The molecule has 0 radical (unpaired) electrons. The van der Waals surface area contributed by atoms with Crippen molar-refractivity contribution < 1.29 is 31.2 Å². The molecule has 4 nitrogen and oxygen atoms in total. The van der Waals surface area contributed by atoms with Crippen LogP contribution in [0.5, 0.6) is 0 Å². The number of halogens is 1. The standard InChI is InChI=1S/C23H26NO3.ClH/c1-3-26-22(25)14-9-17-27-23(19-10-5-4-6-11-19)24-16-15-18(2)20-12-7-8-13-21(20)24;/h4-8,10-13,15-16,23H,3,9,14,17H2,1-2H3;1H/q+1;/p-1. The van der Waals surface area contributed by atoms with Gasteiger partial charge >= 0.3 is 5.97 Å². The molecule has 1 unspecified atom stereocenters. The summed E-state index contributed by atoms with van der Waals surface area (Å²) in [4.78, 5) is 11.6. The van der Waals surface area contributed by atoms with E-state index in [1.165, 1.54) is 10.9 Å². The zero-order valence-corrected chi connectivity index (χ0v) is 17.1. The SMILES string of the molecule is CCOC(=O)CCCOC(c1ccccc1)[n+]1ccc(C)c2ccccc21.[Cl-]. The summed E-state index contributed by atoms with van der Waals surface area (Å²) in [6, 6.07) is 20.6. The molecule has 3 aromatic rings. The molecular formula is C23H26ClNO3. The number of pyridine rings is 1. The molecule has 0 aliphatic heterocycles. The summed E-state index contributed by atoms with van der Waals surface area (Å²) in [5.41, 5.74) is 3.43. The first-order chi connectivity index (χ1) is 13.2. The van der Waals surface area contributed by atoms with Gasteiger partial charge in [-0.2, -0.15) is 4.57 Å². The van der Waals surface area contributed by atoms with Crippen molar-refractivity contribution in [2.45, 2.75) is 32.9 Å². The van der Waals surface area contributed by atoms with E-state index < -0.39 is 0 Å². The van der Waals surface area contributed by atoms with Gasteiger partial charge < -0.3 is 21.9 Å². The van der Waals surface area contributed by atoms with Crippen molar-refractivity contribution in [1.82, 2.24) is 0 Å². The molecule has 0 fully saturated rings. The summed E-state index contributed by atoms with van der Waals surface area (Å²) >= 11 is 0. The maximum absolute atomic E-state index is 11.6. The van der Waals surface area contributed by atoms with Crippen LogP contribution in [0.3, 0.4) is 0 Å². The van der Waals surface area contributed by atoms with Crippen LogP contribution in [0, 0.1) is 6.92 Å². The third-order valence-electron chi connectivity index (χ3n) is 4.54. The van der Waals surface area contributed by atoms with Gasteiger partial charge in [0.05, 0.1) is 13.2 Å². The molecule has 0 amide bonds. The van der Waals surface area contributed by atoms with Crippen molar-refractivity contribution in [3.05, 3.63) is 78.0 Å². The average molecular weight is 400 g/mol. The van der Waals surface area contributed by atoms with Crippen molar-refractivity contribution in [3.63, 3.8) is 0 Å². The van der Waals surface area contributed by atoms with Crippen LogP contribution in [0.15, 0.2) is 66.9 Å². The van der Waals surface area contributed by atoms with E-state index in [2.05, 4.69) is 54.1 Å². The number of carbonyl (C=O) groups excluding carboxylic acids is 1. The molecule has 148 valence electrons. The molecule has 5 heteroatoms. The van der Waals surface area contributed by atoms with E-state index in [0.29, 0.717) is 26.1 Å². The number of fused-ring (bicyclic) bond motifs is 1. The zero-order valence-electron chi connectivity index (χ0n) is 16.3. The number of esters is 1. The lowest BCUT2D eigenvalue weighted by Gasteiger charge is -2.16. The molecule has 1 heterocycles. The Morgan fingerprint density at radius 1 is 1.04 bits per heavy atom. The Kier molecular flexibility index (Phi) is 8.42. The van der Waals surface area contributed by atoms with Gasteiger partial charge in [-0.05, 0) is 44.0 Å². The molecule has 0 saturated carbocycles. The fraction of sp³-hybridized carbons (Fsp3) is 0.304. The third kappa shape index (κ3) is 5.31. The maximum Gasteiger partial charge on any atom is 0.305 e. The van der Waals surface area contributed by atoms with Crippen molar-refractivity contribution in [2.24, 2.45) is 0 Å². The first-order valence-electron chi connectivity index (χ1n) is 9.42. The van der Waals surface area contributed by atoms with Gasteiger partial charge in [-0.1, -0.05) is 30.3 Å². The second-order valence-corrected chi connectivity index (χ2v) is 6.47. The number of benzene rings is 2. The number of aryl methyl sites for hydroxylation is 1. The van der Waals surface area contributed by atoms with Crippen LogP contribution in [0.4, 0.5) is 0 Å². The van der Waals surface area contributed by atoms with Gasteiger partial charge in [-0.3, -0.25) is 4.79 Å². The first kappa shape index (κ1) is 21.9. The zero-order chi connectivity index (χ0) is 19.1. The van der Waals surface area contributed by atoms with Crippen LogP contribution in [-0.2, 0) is 14.3 Å². The van der Waals surface area contributed by atoms with Crippen LogP contribution in [0.1, 0.15) is 37.1 Å². The number of carbonyl (C=O) groups is 1. The Morgan fingerprint density at radius 3 is 2.50 bits per heavy atom. The van der Waals surface area contributed by atoms with E-state index in [4.69, 9.17) is 9.47 Å². The summed E-state index contributed by atoms with van der Waals surface area (Å²) in [5.74, 6) is -0.175. The van der Waals surface area contributed by atoms with Crippen molar-refractivity contribution in [1.29, 1.82) is 0 Å². The molecule has 0 saturated heterocycles. The van der Waals surface area contributed by atoms with Gasteiger partial charge in [0.25, 0.3) is 6.23 Å². The van der Waals surface area contributed by atoms with E-state index in [9.17, 15) is 4.79 Å². The van der Waals surface area contributed by atoms with Crippen LogP contribution >= 0.6 is 0 Å². The number of hydrogen-bond acceptors (Lipinski definition) is 3. The Balaban J connectivity index is 0.00000280. The highest BCUT2D eigenvalue weighted by molar-refractivity contribution is 5.78. The molecule has 1 atom stereocenters. The van der Waals surface area contributed by atoms with Crippen LogP contribution in [0.25, 0.3) is 10.9 Å². The number of ether oxygens (including phenoxy) is 2. The summed E-state index contributed by atoms with van der Waals surface area (Å²) in [5, 5.41) is 1.20. The number of nitrogens with zero attached hydrogens (tertiary/aromatic N) is 1. The molecule has 2 aromatic carbocycles. The monoisotopic (exact) mass is 399 g/mol. The lowest BCUT2D eigenvalue weighted by atomic mass is 10.1. The van der Waals surface area contributed by atoms with E-state index in [-0.39, 0.29) is 24.6 Å². The Morgan fingerprint density at radius 2 is 1.75 bits per heavy atom. The van der Waals surface area contributed by atoms with E-state index in [1.54, 1.807) is 0 Å². The fourth-order valence-corrected chi connectivity index (χ4v) is 3.20. The topological polar surface area (TPSA) is 39.4 Å². The normalized spacial score (nSPS) is 11.6. The van der Waals surface area contributed by atoms with Gasteiger partial charge in [-0.25, -0.2) is 0 Å². The molecule has 0 aliphatic rings. The van der Waals surface area contributed by atoms with Crippen molar-refractivity contribution in [2.75, 3.05) is 13.2 Å². The van der Waals surface area contributed by atoms with Crippen molar-refractivity contribution in [3.8, 4) is 0 Å². The van der Waals surface area contributed by atoms with Crippen LogP contribution < -0.4 is 17.0 Å². The van der Waals surface area contributed by atoms with E-state index >= 15 is 0 Å². The van der Waals surface area contributed by atoms with Gasteiger partial charge in [-0.15, -0.1) is 0 Å². The highest BCUT2D eigenvalue weighted by atomic mass is 35.5. The summed E-state index contributed by atoms with van der Waals surface area (Å²) < 4.78 is 13.4. The summed E-state index contributed by atoms with van der Waals surface area (Å²) in [7, 11) is 0. The van der Waals surface area contributed by atoms with E-state index in [0.717, 1.165) is 11.1 Å². The number of hydrogen-bond donors (Lipinski definition) is 0. The Hall–Kier alpha value is -2.43. The molecular weight excluding hydrogens is 374 g/mol. The molecule has 0 aliphatic carbocycles. The Bertz CT molecular complexity index is 899. The lowest BCUT2D eigenvalue weighted by molar-refractivity contribution is -0.729. The molecule has 0 bridgehead atoms. The minimum Gasteiger partial charge on any atom is -1.00 e. The van der Waals surface area contributed by atoms with Crippen LogP contribution in [-0.4, -0.2) is 19.2 Å². The summed E-state index contributed by atoms with van der Waals surface area (Å²) in [6.45, 7) is 4.83. The van der Waals surface area contributed by atoms with Gasteiger partial charge in [0.1, 0.15) is 0 Å². The third-order valence-corrected chi connectivity index (χ3v) is 4.54. The fourth-order valence-electron chi connectivity index (χ4n) is 3.20. The highest BCUT2D eigenvalue weighted by Crippen LogP contribution is 2.20. The predicted molar refractivity (Wildman–Crippen MR) is 105 cm³/mol. The average Bonchev–Trinajstić information content (AvgIpc) is 2.70. The van der Waals surface area contributed by atoms with Gasteiger partial charge in [0, 0.05) is 29.5 Å². The number of para-hydroxylation sites is 1. The molecule has 28 heavy (non-hydrogen) atoms. The second-order valence-electron chi connectivity index (χ2n) is 6.47. The minimum absolute atomic E-state index is 0. The van der Waals surface area contributed by atoms with Gasteiger partial charge in [0.15, 0.2) is 6.20 Å². The largest absolute Gasteiger partial charge is 1.00 e. The van der Waals surface area contributed by atoms with Crippen molar-refractivity contribution >= 4 is 16.9 Å². The first-order valence-corrected chi connectivity index (χ1v) is 9.42. The lowest BCUT2D eigenvalue weighted by Crippen LogP contribution is -3.00. The number of aromatic nitrogens is 1. The smallest absolute Gasteiger partial charge is 0.305 e. The number of rotatable bonds is 8. The maximum atomic E-state index is 11.6. The molecule has 3 rings (SSSR count). The molecule has 0 N–H and O–H groups in total. The molecule has 0 spiro atoms. The van der Waals surface area contributed by atoms with E-state index in [1.807, 2.05) is 31.2 Å². The van der Waals surface area contributed by atoms with Gasteiger partial charge in [0.2, 0.25) is 5.52 Å². The summed E-state index contributed by atoms with van der Waals surface area (Å²) in [6.07, 6.45) is 2.82. The van der Waals surface area contributed by atoms with Crippen LogP contribution in [0.2, 0.25) is 0 Å². The Labute approximate surface area is 172 Å². The quantitative estimate of drug-likeness (QED) is 0.326.